The Morgan fingerprint density at radius 1 is 1.36 bits per heavy atom. The third kappa shape index (κ3) is 2.84. The second-order valence-electron chi connectivity index (χ2n) is 3.61. The molecular formula is C9H18O4S. The number of aliphatic hydroxyl groups is 3. The Kier molecular flexibility index (Phi) is 4.66. The predicted molar refractivity (Wildman–Crippen MR) is 55.1 cm³/mol. The van der Waals surface area contributed by atoms with Gasteiger partial charge in [0.05, 0.1) is 6.61 Å². The Bertz CT molecular complexity index is 178. The van der Waals surface area contributed by atoms with Gasteiger partial charge in [-0.3, -0.25) is 0 Å². The zero-order chi connectivity index (χ0) is 10.7. The van der Waals surface area contributed by atoms with Gasteiger partial charge in [-0.25, -0.2) is 0 Å². The monoisotopic (exact) mass is 222 g/mol. The molecule has 1 fully saturated rings. The average molecular weight is 222 g/mol. The van der Waals surface area contributed by atoms with Crippen molar-refractivity contribution in [2.24, 2.45) is 0 Å². The lowest BCUT2D eigenvalue weighted by atomic mass is 10.1. The van der Waals surface area contributed by atoms with E-state index in [-0.39, 0.29) is 6.61 Å². The molecule has 3 N–H and O–H groups in total. The highest BCUT2D eigenvalue weighted by Crippen LogP contribution is 2.28. The van der Waals surface area contributed by atoms with Crippen molar-refractivity contribution in [3.8, 4) is 0 Å². The first-order valence-electron chi connectivity index (χ1n) is 4.87. The van der Waals surface area contributed by atoms with Gasteiger partial charge in [-0.1, -0.05) is 13.8 Å². The minimum absolute atomic E-state index is 0.0896. The third-order valence-electron chi connectivity index (χ3n) is 2.40. The van der Waals surface area contributed by atoms with Gasteiger partial charge in [0.1, 0.15) is 23.7 Å². The number of hydrogen-bond acceptors (Lipinski definition) is 5. The summed E-state index contributed by atoms with van der Waals surface area (Å²) in [5.74, 6) is 0. The van der Waals surface area contributed by atoms with Gasteiger partial charge in [0, 0.05) is 5.25 Å². The van der Waals surface area contributed by atoms with Crippen LogP contribution in [0.15, 0.2) is 0 Å². The SMILES string of the molecule is CCC(C)S[C@@H]1OC[C@@H](O)[C@H](O)[C@H]1O. The molecule has 0 radical (unpaired) electrons. The van der Waals surface area contributed by atoms with Gasteiger partial charge in [-0.15, -0.1) is 11.8 Å². The molecule has 5 atom stereocenters. The maximum Gasteiger partial charge on any atom is 0.132 e. The van der Waals surface area contributed by atoms with Gasteiger partial charge < -0.3 is 20.1 Å². The summed E-state index contributed by atoms with van der Waals surface area (Å²) in [4.78, 5) is 0. The molecule has 1 rings (SSSR count). The van der Waals surface area contributed by atoms with E-state index in [9.17, 15) is 15.3 Å². The normalized spacial score (nSPS) is 40.9. The van der Waals surface area contributed by atoms with E-state index in [2.05, 4.69) is 6.92 Å². The molecule has 4 nitrogen and oxygen atoms in total. The Morgan fingerprint density at radius 2 is 2.00 bits per heavy atom. The Labute approximate surface area is 88.3 Å². The van der Waals surface area contributed by atoms with Crippen LogP contribution in [0.25, 0.3) is 0 Å². The zero-order valence-corrected chi connectivity index (χ0v) is 9.28. The first-order valence-corrected chi connectivity index (χ1v) is 5.81. The summed E-state index contributed by atoms with van der Waals surface area (Å²) >= 11 is 1.49. The molecule has 0 bridgehead atoms. The maximum atomic E-state index is 9.60. The Hall–Kier alpha value is 0.190. The van der Waals surface area contributed by atoms with Crippen molar-refractivity contribution in [1.29, 1.82) is 0 Å². The number of thioether (sulfide) groups is 1. The van der Waals surface area contributed by atoms with Crippen molar-refractivity contribution < 1.29 is 20.1 Å². The number of ether oxygens (including phenoxy) is 1. The highest BCUT2D eigenvalue weighted by Gasteiger charge is 2.38. The van der Waals surface area contributed by atoms with Crippen LogP contribution in [0.2, 0.25) is 0 Å². The molecule has 1 heterocycles. The molecule has 84 valence electrons. The first kappa shape index (κ1) is 12.3. The van der Waals surface area contributed by atoms with Crippen molar-refractivity contribution in [3.05, 3.63) is 0 Å². The molecule has 0 aromatic heterocycles. The van der Waals surface area contributed by atoms with Crippen molar-refractivity contribution >= 4 is 11.8 Å². The summed E-state index contributed by atoms with van der Waals surface area (Å²) in [5.41, 5.74) is -0.427. The minimum atomic E-state index is -1.09. The quantitative estimate of drug-likeness (QED) is 0.625. The van der Waals surface area contributed by atoms with Crippen LogP contribution in [0.4, 0.5) is 0 Å². The number of aliphatic hydroxyl groups excluding tert-OH is 3. The Morgan fingerprint density at radius 3 is 2.57 bits per heavy atom. The fraction of sp³-hybridized carbons (Fsp3) is 1.00. The molecule has 1 aliphatic heterocycles. The highest BCUT2D eigenvalue weighted by molar-refractivity contribution is 8.00. The van der Waals surface area contributed by atoms with E-state index in [1.807, 2.05) is 6.92 Å². The summed E-state index contributed by atoms with van der Waals surface area (Å²) in [5, 5.41) is 28.6. The van der Waals surface area contributed by atoms with E-state index in [0.717, 1.165) is 6.42 Å². The smallest absolute Gasteiger partial charge is 0.132 e. The van der Waals surface area contributed by atoms with Crippen LogP contribution >= 0.6 is 11.8 Å². The van der Waals surface area contributed by atoms with E-state index in [4.69, 9.17) is 4.74 Å². The average Bonchev–Trinajstić information content (AvgIpc) is 2.19. The van der Waals surface area contributed by atoms with Crippen LogP contribution in [0.1, 0.15) is 20.3 Å². The first-order chi connectivity index (χ1) is 6.56. The molecule has 0 saturated carbocycles. The molecule has 0 spiro atoms. The van der Waals surface area contributed by atoms with Crippen LogP contribution in [-0.4, -0.2) is 50.9 Å². The molecule has 0 aromatic rings. The van der Waals surface area contributed by atoms with Gasteiger partial charge in [0.2, 0.25) is 0 Å². The molecule has 0 aromatic carbocycles. The maximum absolute atomic E-state index is 9.60. The molecule has 0 aliphatic carbocycles. The molecule has 5 heteroatoms. The predicted octanol–water partition coefficient (Wildman–Crippen LogP) is -0.0429. The van der Waals surface area contributed by atoms with Crippen molar-refractivity contribution in [3.63, 3.8) is 0 Å². The second-order valence-corrected chi connectivity index (χ2v) is 5.15. The number of hydrogen-bond donors (Lipinski definition) is 3. The van der Waals surface area contributed by atoms with Gasteiger partial charge in [0.15, 0.2) is 0 Å². The molecule has 14 heavy (non-hydrogen) atoms. The van der Waals surface area contributed by atoms with Crippen molar-refractivity contribution in [2.75, 3.05) is 6.61 Å². The van der Waals surface area contributed by atoms with Crippen LogP contribution in [0.5, 0.6) is 0 Å². The van der Waals surface area contributed by atoms with Crippen molar-refractivity contribution in [2.45, 2.75) is 49.3 Å². The lowest BCUT2D eigenvalue weighted by Gasteiger charge is -2.35. The van der Waals surface area contributed by atoms with E-state index < -0.39 is 23.7 Å². The molecule has 1 aliphatic rings. The summed E-state index contributed by atoms with van der Waals surface area (Å²) in [7, 11) is 0. The summed E-state index contributed by atoms with van der Waals surface area (Å²) in [6.45, 7) is 4.18. The van der Waals surface area contributed by atoms with Gasteiger partial charge in [0.25, 0.3) is 0 Å². The van der Waals surface area contributed by atoms with Gasteiger partial charge in [-0.2, -0.15) is 0 Å². The van der Waals surface area contributed by atoms with Gasteiger partial charge in [-0.05, 0) is 6.42 Å². The molecule has 0 amide bonds. The highest BCUT2D eigenvalue weighted by atomic mass is 32.2. The van der Waals surface area contributed by atoms with Crippen LogP contribution < -0.4 is 0 Å². The Balaban J connectivity index is 2.46. The molecular weight excluding hydrogens is 204 g/mol. The molecule has 1 unspecified atom stereocenters. The molecule has 1 saturated heterocycles. The summed E-state index contributed by atoms with van der Waals surface area (Å²) in [6, 6.07) is 0. The third-order valence-corrected chi connectivity index (χ3v) is 3.88. The minimum Gasteiger partial charge on any atom is -0.388 e. The second kappa shape index (κ2) is 5.32. The van der Waals surface area contributed by atoms with Crippen LogP contribution in [0, 0.1) is 0 Å². The lowest BCUT2D eigenvalue weighted by molar-refractivity contribution is -0.161. The van der Waals surface area contributed by atoms with E-state index >= 15 is 0 Å². The zero-order valence-electron chi connectivity index (χ0n) is 8.46. The number of rotatable bonds is 3. The van der Waals surface area contributed by atoms with E-state index in [1.165, 1.54) is 11.8 Å². The summed E-state index contributed by atoms with van der Waals surface area (Å²) < 4.78 is 5.25. The van der Waals surface area contributed by atoms with E-state index in [1.54, 1.807) is 0 Å². The fourth-order valence-corrected chi connectivity index (χ4v) is 2.35. The van der Waals surface area contributed by atoms with E-state index in [0.29, 0.717) is 5.25 Å². The topological polar surface area (TPSA) is 69.9 Å². The summed E-state index contributed by atoms with van der Waals surface area (Å²) in [6.07, 6.45) is -2.09. The van der Waals surface area contributed by atoms with Crippen LogP contribution in [0.3, 0.4) is 0 Å². The lowest BCUT2D eigenvalue weighted by Crippen LogP contribution is -2.51. The van der Waals surface area contributed by atoms with Crippen LogP contribution in [-0.2, 0) is 4.74 Å². The van der Waals surface area contributed by atoms with Crippen molar-refractivity contribution in [1.82, 2.24) is 0 Å². The fourth-order valence-electron chi connectivity index (χ4n) is 1.22. The largest absolute Gasteiger partial charge is 0.388 e. The van der Waals surface area contributed by atoms with Gasteiger partial charge >= 0.3 is 0 Å². The standard InChI is InChI=1S/C9H18O4S/c1-3-5(2)14-9-8(12)7(11)6(10)4-13-9/h5-12H,3-4H2,1-2H3/t5?,6-,7+,8-,9+/m1/s1.